The van der Waals surface area contributed by atoms with Gasteiger partial charge in [-0.1, -0.05) is 19.1 Å². The minimum atomic E-state index is -0.198. The van der Waals surface area contributed by atoms with E-state index >= 15 is 0 Å². The lowest BCUT2D eigenvalue weighted by atomic mass is 10.4. The number of rotatable bonds is 2. The van der Waals surface area contributed by atoms with E-state index in [1.54, 1.807) is 10.9 Å². The number of nitrogens with one attached hydrogen (secondary N) is 2. The number of nitrogens with zero attached hydrogens (tertiary/aromatic N) is 2. The Labute approximate surface area is 84.8 Å². The first-order valence-corrected chi connectivity index (χ1v) is 4.81. The van der Waals surface area contributed by atoms with Crippen LogP contribution in [-0.2, 0) is 6.54 Å². The average Bonchev–Trinajstić information content (AvgIpc) is 2.60. The fourth-order valence-corrected chi connectivity index (χ4v) is 1.65. The van der Waals surface area contributed by atoms with Crippen LogP contribution in [0.4, 0.5) is 0 Å². The zero-order valence-corrected chi connectivity index (χ0v) is 8.52. The molecule has 2 aromatic heterocycles. The van der Waals surface area contributed by atoms with E-state index < -0.39 is 0 Å². The predicted octanol–water partition coefficient (Wildman–Crippen LogP) is 1.19. The molecule has 2 heterocycles. The molecule has 0 bridgehead atoms. The Morgan fingerprint density at radius 2 is 2.43 bits per heavy atom. The third kappa shape index (κ3) is 1.27. The van der Waals surface area contributed by atoms with Crippen molar-refractivity contribution in [2.45, 2.75) is 19.9 Å². The molecular weight excluding hydrogens is 200 g/mol. The maximum atomic E-state index is 11.5. The molecule has 0 aliphatic carbocycles. The van der Waals surface area contributed by atoms with Crippen LogP contribution in [-0.4, -0.2) is 19.5 Å². The quantitative estimate of drug-likeness (QED) is 0.732. The highest BCUT2D eigenvalue weighted by Gasteiger charge is 2.05. The Morgan fingerprint density at radius 3 is 3.14 bits per heavy atom. The molecular formula is C8H10N4OS. The van der Waals surface area contributed by atoms with E-state index in [9.17, 15) is 4.79 Å². The van der Waals surface area contributed by atoms with Gasteiger partial charge in [0.2, 0.25) is 0 Å². The molecule has 2 rings (SSSR count). The summed E-state index contributed by atoms with van der Waals surface area (Å²) < 4.78 is 2.00. The Hall–Kier alpha value is -1.43. The molecule has 0 atom stereocenters. The second kappa shape index (κ2) is 3.38. The summed E-state index contributed by atoms with van der Waals surface area (Å²) in [5.41, 5.74) is 1.14. The Balaban J connectivity index is 2.86. The highest BCUT2D eigenvalue weighted by Crippen LogP contribution is 2.06. The summed E-state index contributed by atoms with van der Waals surface area (Å²) >= 11 is 5.00. The van der Waals surface area contributed by atoms with E-state index in [2.05, 4.69) is 15.0 Å². The summed E-state index contributed by atoms with van der Waals surface area (Å²) in [6.07, 6.45) is 2.42. The molecule has 0 saturated heterocycles. The number of aromatic amines is 2. The van der Waals surface area contributed by atoms with Crippen LogP contribution in [0.1, 0.15) is 13.3 Å². The van der Waals surface area contributed by atoms with Crippen molar-refractivity contribution >= 4 is 23.4 Å². The lowest BCUT2D eigenvalue weighted by Gasteiger charge is -2.03. The second-order valence-corrected chi connectivity index (χ2v) is 3.42. The van der Waals surface area contributed by atoms with Crippen molar-refractivity contribution in [2.75, 3.05) is 0 Å². The SMILES string of the molecule is CCCn1c(=O)[nH]c(=S)c2[nH]cnc21. The summed E-state index contributed by atoms with van der Waals surface area (Å²) in [5.74, 6) is 0. The van der Waals surface area contributed by atoms with Crippen molar-refractivity contribution in [3.05, 3.63) is 21.5 Å². The fraction of sp³-hybridized carbons (Fsp3) is 0.375. The van der Waals surface area contributed by atoms with Crippen LogP contribution in [0.15, 0.2) is 11.1 Å². The van der Waals surface area contributed by atoms with Crippen LogP contribution >= 0.6 is 12.2 Å². The van der Waals surface area contributed by atoms with Gasteiger partial charge in [0.1, 0.15) is 10.2 Å². The van der Waals surface area contributed by atoms with E-state index in [-0.39, 0.29) is 5.69 Å². The van der Waals surface area contributed by atoms with Crippen LogP contribution < -0.4 is 5.69 Å². The zero-order valence-electron chi connectivity index (χ0n) is 7.70. The molecule has 0 saturated carbocycles. The first-order valence-electron chi connectivity index (χ1n) is 4.40. The van der Waals surface area contributed by atoms with Crippen molar-refractivity contribution in [2.24, 2.45) is 0 Å². The zero-order chi connectivity index (χ0) is 10.1. The van der Waals surface area contributed by atoms with E-state index in [0.29, 0.717) is 22.3 Å². The molecule has 0 aliphatic heterocycles. The second-order valence-electron chi connectivity index (χ2n) is 3.01. The number of H-pyrrole nitrogens is 2. The third-order valence-corrected chi connectivity index (χ3v) is 2.32. The van der Waals surface area contributed by atoms with Crippen molar-refractivity contribution in [3.8, 4) is 0 Å². The first kappa shape index (κ1) is 9.14. The standard InChI is InChI=1S/C8H10N4OS/c1-2-3-12-6-5(9-4-10-6)7(14)11-8(12)13/h4H,2-3H2,1H3,(H,9,10)(H,11,13,14). The molecule has 0 unspecified atom stereocenters. The maximum Gasteiger partial charge on any atom is 0.328 e. The van der Waals surface area contributed by atoms with Gasteiger partial charge in [-0.15, -0.1) is 0 Å². The monoisotopic (exact) mass is 210 g/mol. The number of fused-ring (bicyclic) bond motifs is 1. The molecule has 2 aromatic rings. The highest BCUT2D eigenvalue weighted by molar-refractivity contribution is 7.71. The lowest BCUT2D eigenvalue weighted by Crippen LogP contribution is -2.23. The fourth-order valence-electron chi connectivity index (χ4n) is 1.41. The minimum Gasteiger partial charge on any atom is -0.341 e. The molecule has 74 valence electrons. The van der Waals surface area contributed by atoms with E-state index in [0.717, 1.165) is 6.42 Å². The van der Waals surface area contributed by atoms with Gasteiger partial charge in [-0.25, -0.2) is 9.78 Å². The van der Waals surface area contributed by atoms with E-state index in [1.807, 2.05) is 6.92 Å². The van der Waals surface area contributed by atoms with Gasteiger partial charge in [0.15, 0.2) is 5.65 Å². The third-order valence-electron chi connectivity index (χ3n) is 2.01. The predicted molar refractivity (Wildman–Crippen MR) is 55.8 cm³/mol. The molecule has 2 N–H and O–H groups in total. The topological polar surface area (TPSA) is 66.5 Å². The molecule has 0 aliphatic rings. The van der Waals surface area contributed by atoms with E-state index in [1.165, 1.54) is 0 Å². The number of hydrogen-bond donors (Lipinski definition) is 2. The molecule has 0 amide bonds. The normalized spacial score (nSPS) is 10.9. The van der Waals surface area contributed by atoms with Crippen LogP contribution in [0.5, 0.6) is 0 Å². The largest absolute Gasteiger partial charge is 0.341 e. The number of hydrogen-bond acceptors (Lipinski definition) is 3. The summed E-state index contributed by atoms with van der Waals surface area (Å²) in [6.45, 7) is 2.65. The van der Waals surface area contributed by atoms with Gasteiger partial charge in [0.25, 0.3) is 0 Å². The molecule has 5 nitrogen and oxygen atoms in total. The summed E-state index contributed by atoms with van der Waals surface area (Å²) in [7, 11) is 0. The van der Waals surface area contributed by atoms with Gasteiger partial charge in [-0.3, -0.25) is 9.55 Å². The summed E-state index contributed by atoms with van der Waals surface area (Å²) in [6, 6.07) is 0. The van der Waals surface area contributed by atoms with Gasteiger partial charge < -0.3 is 4.98 Å². The van der Waals surface area contributed by atoms with Crippen molar-refractivity contribution in [1.82, 2.24) is 19.5 Å². The smallest absolute Gasteiger partial charge is 0.328 e. The Morgan fingerprint density at radius 1 is 1.64 bits per heavy atom. The average molecular weight is 210 g/mol. The molecule has 0 fully saturated rings. The molecule has 0 aromatic carbocycles. The van der Waals surface area contributed by atoms with Gasteiger partial charge >= 0.3 is 5.69 Å². The van der Waals surface area contributed by atoms with Gasteiger partial charge in [-0.05, 0) is 6.42 Å². The number of aryl methyl sites for hydroxylation is 1. The summed E-state index contributed by atoms with van der Waals surface area (Å²) in [5, 5.41) is 0. The lowest BCUT2D eigenvalue weighted by molar-refractivity contribution is 0.654. The van der Waals surface area contributed by atoms with Crippen molar-refractivity contribution < 1.29 is 0 Å². The first-order chi connectivity index (χ1) is 6.74. The van der Waals surface area contributed by atoms with Crippen LogP contribution in [0.25, 0.3) is 11.2 Å². The highest BCUT2D eigenvalue weighted by atomic mass is 32.1. The minimum absolute atomic E-state index is 0.198. The maximum absolute atomic E-state index is 11.5. The van der Waals surface area contributed by atoms with Crippen molar-refractivity contribution in [1.29, 1.82) is 0 Å². The van der Waals surface area contributed by atoms with Gasteiger partial charge in [-0.2, -0.15) is 0 Å². The van der Waals surface area contributed by atoms with Crippen molar-refractivity contribution in [3.63, 3.8) is 0 Å². The molecule has 0 radical (unpaired) electrons. The van der Waals surface area contributed by atoms with E-state index in [4.69, 9.17) is 12.2 Å². The van der Waals surface area contributed by atoms with Gasteiger partial charge in [0.05, 0.1) is 6.33 Å². The van der Waals surface area contributed by atoms with Crippen LogP contribution in [0.2, 0.25) is 0 Å². The number of imidazole rings is 1. The molecule has 6 heteroatoms. The van der Waals surface area contributed by atoms with Crippen LogP contribution in [0.3, 0.4) is 0 Å². The molecule has 0 spiro atoms. The number of aromatic nitrogens is 4. The summed E-state index contributed by atoms with van der Waals surface area (Å²) in [4.78, 5) is 21.1. The Kier molecular flexibility index (Phi) is 2.20. The van der Waals surface area contributed by atoms with Crippen LogP contribution in [0, 0.1) is 4.64 Å². The van der Waals surface area contributed by atoms with Gasteiger partial charge in [0, 0.05) is 6.54 Å². The Bertz CT molecular complexity index is 564. The molecule has 14 heavy (non-hydrogen) atoms.